The fourth-order valence-corrected chi connectivity index (χ4v) is 3.38. The monoisotopic (exact) mass is 237 g/mol. The van der Waals surface area contributed by atoms with Crippen LogP contribution in [0.25, 0.3) is 0 Å². The molecule has 1 aliphatic rings. The summed E-state index contributed by atoms with van der Waals surface area (Å²) < 4.78 is 0. The molecule has 0 spiro atoms. The molecule has 2 rings (SSSR count). The summed E-state index contributed by atoms with van der Waals surface area (Å²) in [6.07, 6.45) is 1.13. The van der Waals surface area contributed by atoms with Crippen molar-refractivity contribution in [1.29, 1.82) is 0 Å². The molecule has 0 aliphatic carbocycles. The summed E-state index contributed by atoms with van der Waals surface area (Å²) in [6.45, 7) is 4.48. The molecule has 2 N–H and O–H groups in total. The predicted molar refractivity (Wildman–Crippen MR) is 68.8 cm³/mol. The fourth-order valence-electron chi connectivity index (χ4n) is 2.15. The normalized spacial score (nSPS) is 26.2. The minimum absolute atomic E-state index is 0.161. The van der Waals surface area contributed by atoms with E-state index in [0.29, 0.717) is 11.3 Å². The molecule has 0 saturated carbocycles. The molecule has 0 saturated heterocycles. The lowest BCUT2D eigenvalue weighted by atomic mass is 10.0. The molecule has 16 heavy (non-hydrogen) atoms. The van der Waals surface area contributed by atoms with Gasteiger partial charge in [0.05, 0.1) is 6.61 Å². The lowest BCUT2D eigenvalue weighted by molar-refractivity contribution is 0.237. The van der Waals surface area contributed by atoms with E-state index in [0.717, 1.165) is 6.42 Å². The maximum absolute atomic E-state index is 9.11. The zero-order valence-corrected chi connectivity index (χ0v) is 10.6. The largest absolute Gasteiger partial charge is 0.395 e. The molecule has 88 valence electrons. The highest BCUT2D eigenvalue weighted by Crippen LogP contribution is 2.40. The molecule has 3 atom stereocenters. The number of aliphatic hydroxyl groups excluding tert-OH is 1. The van der Waals surface area contributed by atoms with E-state index < -0.39 is 0 Å². The molecule has 0 radical (unpaired) electrons. The summed E-state index contributed by atoms with van der Waals surface area (Å²) in [7, 11) is 0. The lowest BCUT2D eigenvalue weighted by Gasteiger charge is -2.31. The molecule has 3 heteroatoms. The molecular formula is C13H19NOS. The van der Waals surface area contributed by atoms with Gasteiger partial charge in [0.1, 0.15) is 0 Å². The van der Waals surface area contributed by atoms with E-state index >= 15 is 0 Å². The number of benzene rings is 1. The molecule has 1 aromatic rings. The van der Waals surface area contributed by atoms with Gasteiger partial charge in [-0.2, -0.15) is 0 Å². The standard InChI is InChI=1S/C13H19NOS/c1-9(8-15)14-12-7-10(2)16-13-6-4-3-5-11(12)13/h3-6,9-10,12,14-15H,7-8H2,1-2H3/t9-,10?,12?/m0/s1. The summed E-state index contributed by atoms with van der Waals surface area (Å²) in [6, 6.07) is 9.11. The van der Waals surface area contributed by atoms with E-state index in [1.807, 2.05) is 18.7 Å². The first-order valence-corrected chi connectivity index (χ1v) is 6.71. The topological polar surface area (TPSA) is 32.3 Å². The maximum atomic E-state index is 9.11. The second kappa shape index (κ2) is 5.21. The Morgan fingerprint density at radius 1 is 1.50 bits per heavy atom. The van der Waals surface area contributed by atoms with Crippen LogP contribution in [0.2, 0.25) is 0 Å². The highest BCUT2D eigenvalue weighted by molar-refractivity contribution is 8.00. The number of aliphatic hydroxyl groups is 1. The molecule has 2 nitrogen and oxygen atoms in total. The quantitative estimate of drug-likeness (QED) is 0.847. The second-order valence-electron chi connectivity index (χ2n) is 4.50. The summed E-state index contributed by atoms with van der Waals surface area (Å²) in [4.78, 5) is 1.38. The average Bonchev–Trinajstić information content (AvgIpc) is 2.28. The van der Waals surface area contributed by atoms with E-state index in [9.17, 15) is 0 Å². The lowest BCUT2D eigenvalue weighted by Crippen LogP contribution is -2.35. The zero-order valence-electron chi connectivity index (χ0n) is 9.81. The number of hydrogen-bond acceptors (Lipinski definition) is 3. The Balaban J connectivity index is 2.20. The van der Waals surface area contributed by atoms with E-state index in [1.54, 1.807) is 0 Å². The van der Waals surface area contributed by atoms with Gasteiger partial charge in [0.25, 0.3) is 0 Å². The van der Waals surface area contributed by atoms with Gasteiger partial charge in [-0.15, -0.1) is 11.8 Å². The Morgan fingerprint density at radius 3 is 3.00 bits per heavy atom. The highest BCUT2D eigenvalue weighted by atomic mass is 32.2. The van der Waals surface area contributed by atoms with E-state index in [2.05, 4.69) is 36.5 Å². The Kier molecular flexibility index (Phi) is 3.90. The van der Waals surface area contributed by atoms with Gasteiger partial charge in [0.15, 0.2) is 0 Å². The molecule has 1 aliphatic heterocycles. The number of thioether (sulfide) groups is 1. The van der Waals surface area contributed by atoms with Crippen molar-refractivity contribution in [1.82, 2.24) is 5.32 Å². The van der Waals surface area contributed by atoms with Crippen molar-refractivity contribution in [3.05, 3.63) is 29.8 Å². The maximum Gasteiger partial charge on any atom is 0.0582 e. The van der Waals surface area contributed by atoms with Crippen LogP contribution in [0.4, 0.5) is 0 Å². The molecule has 1 aromatic carbocycles. The van der Waals surface area contributed by atoms with E-state index in [1.165, 1.54) is 10.5 Å². The van der Waals surface area contributed by atoms with Gasteiger partial charge in [-0.1, -0.05) is 25.1 Å². The molecule has 0 fully saturated rings. The third-order valence-corrected chi connectivity index (χ3v) is 4.17. The summed E-state index contributed by atoms with van der Waals surface area (Å²) in [5.74, 6) is 0. The van der Waals surface area contributed by atoms with Crippen molar-refractivity contribution in [2.24, 2.45) is 0 Å². The molecule has 2 unspecified atom stereocenters. The third kappa shape index (κ3) is 2.59. The van der Waals surface area contributed by atoms with Crippen molar-refractivity contribution in [3.63, 3.8) is 0 Å². The highest BCUT2D eigenvalue weighted by Gasteiger charge is 2.25. The summed E-state index contributed by atoms with van der Waals surface area (Å²) in [5, 5.41) is 13.2. The van der Waals surface area contributed by atoms with Crippen LogP contribution in [0.1, 0.15) is 31.9 Å². The molecular weight excluding hydrogens is 218 g/mol. The van der Waals surface area contributed by atoms with Gasteiger partial charge >= 0.3 is 0 Å². The van der Waals surface area contributed by atoms with Crippen LogP contribution in [-0.4, -0.2) is 23.0 Å². The minimum Gasteiger partial charge on any atom is -0.395 e. The summed E-state index contributed by atoms with van der Waals surface area (Å²) >= 11 is 1.95. The fraction of sp³-hybridized carbons (Fsp3) is 0.538. The first-order valence-electron chi connectivity index (χ1n) is 5.83. The van der Waals surface area contributed by atoms with Gasteiger partial charge in [-0.25, -0.2) is 0 Å². The Labute approximate surface area is 101 Å². The number of hydrogen-bond donors (Lipinski definition) is 2. The smallest absolute Gasteiger partial charge is 0.0582 e. The van der Waals surface area contributed by atoms with Crippen LogP contribution in [0, 0.1) is 0 Å². The molecule has 0 aromatic heterocycles. The average molecular weight is 237 g/mol. The minimum atomic E-state index is 0.161. The Morgan fingerprint density at radius 2 is 2.25 bits per heavy atom. The van der Waals surface area contributed by atoms with Crippen LogP contribution < -0.4 is 5.32 Å². The van der Waals surface area contributed by atoms with Gasteiger partial charge in [0, 0.05) is 22.2 Å². The van der Waals surface area contributed by atoms with Crippen LogP contribution in [0.3, 0.4) is 0 Å². The van der Waals surface area contributed by atoms with Crippen LogP contribution in [0.5, 0.6) is 0 Å². The Hall–Kier alpha value is -0.510. The first kappa shape index (κ1) is 12.0. The van der Waals surface area contributed by atoms with Crippen molar-refractivity contribution in [2.45, 2.75) is 42.5 Å². The van der Waals surface area contributed by atoms with Gasteiger partial charge in [-0.3, -0.25) is 0 Å². The van der Waals surface area contributed by atoms with Crippen molar-refractivity contribution in [3.8, 4) is 0 Å². The summed E-state index contributed by atoms with van der Waals surface area (Å²) in [5.41, 5.74) is 1.38. The van der Waals surface area contributed by atoms with E-state index in [-0.39, 0.29) is 12.6 Å². The van der Waals surface area contributed by atoms with Crippen molar-refractivity contribution >= 4 is 11.8 Å². The third-order valence-electron chi connectivity index (χ3n) is 2.95. The molecule has 1 heterocycles. The number of fused-ring (bicyclic) bond motifs is 1. The van der Waals surface area contributed by atoms with Crippen LogP contribution in [0.15, 0.2) is 29.2 Å². The second-order valence-corrected chi connectivity index (χ2v) is 5.99. The van der Waals surface area contributed by atoms with E-state index in [4.69, 9.17) is 5.11 Å². The zero-order chi connectivity index (χ0) is 11.5. The van der Waals surface area contributed by atoms with Gasteiger partial charge in [0.2, 0.25) is 0 Å². The predicted octanol–water partition coefficient (Wildman–Crippen LogP) is 2.58. The molecule has 0 amide bonds. The van der Waals surface area contributed by atoms with Gasteiger partial charge < -0.3 is 10.4 Å². The SMILES string of the molecule is CC1CC(N[C@@H](C)CO)c2ccccc2S1. The van der Waals surface area contributed by atoms with Crippen molar-refractivity contribution < 1.29 is 5.11 Å². The van der Waals surface area contributed by atoms with Crippen LogP contribution in [-0.2, 0) is 0 Å². The first-order chi connectivity index (χ1) is 7.70. The molecule has 0 bridgehead atoms. The van der Waals surface area contributed by atoms with Gasteiger partial charge in [-0.05, 0) is 25.0 Å². The number of nitrogens with one attached hydrogen (secondary N) is 1. The number of rotatable bonds is 3. The van der Waals surface area contributed by atoms with Crippen LogP contribution >= 0.6 is 11.8 Å². The Bertz CT molecular complexity index is 356. The van der Waals surface area contributed by atoms with Crippen molar-refractivity contribution in [2.75, 3.05) is 6.61 Å².